The first-order valence-corrected chi connectivity index (χ1v) is 15.2. The molecule has 0 saturated heterocycles. The van der Waals surface area contributed by atoms with Gasteiger partial charge in [0.1, 0.15) is 17.7 Å². The van der Waals surface area contributed by atoms with Crippen LogP contribution >= 0.6 is 0 Å². The predicted octanol–water partition coefficient (Wildman–Crippen LogP) is 8.25. The number of halogens is 6. The van der Waals surface area contributed by atoms with Gasteiger partial charge in [-0.1, -0.05) is 25.1 Å². The van der Waals surface area contributed by atoms with E-state index in [4.69, 9.17) is 4.74 Å². The molecule has 3 aliphatic rings. The van der Waals surface area contributed by atoms with E-state index in [0.29, 0.717) is 11.6 Å². The minimum atomic E-state index is -4.74. The molecule has 2 aliphatic carbocycles. The van der Waals surface area contributed by atoms with E-state index >= 15 is 0 Å². The van der Waals surface area contributed by atoms with Gasteiger partial charge in [0.2, 0.25) is 6.43 Å². The predicted molar refractivity (Wildman–Crippen MR) is 146 cm³/mol. The first-order chi connectivity index (χ1) is 19.7. The summed E-state index contributed by atoms with van der Waals surface area (Å²) in [6, 6.07) is 11.8. The second kappa shape index (κ2) is 9.92. The summed E-state index contributed by atoms with van der Waals surface area (Å²) in [6.45, 7) is 2.11. The van der Waals surface area contributed by atoms with Crippen molar-refractivity contribution in [3.8, 4) is 16.9 Å². The molecule has 0 radical (unpaired) electrons. The third kappa shape index (κ3) is 5.14. The Morgan fingerprint density at radius 1 is 0.976 bits per heavy atom. The van der Waals surface area contributed by atoms with Crippen molar-refractivity contribution < 1.29 is 39.5 Å². The summed E-state index contributed by atoms with van der Waals surface area (Å²) in [7, 11) is -4.51. The quantitative estimate of drug-likeness (QED) is 0.265. The molecule has 1 aliphatic heterocycles. The Bertz CT molecular complexity index is 1630. The van der Waals surface area contributed by atoms with Gasteiger partial charge in [0, 0.05) is 11.8 Å². The summed E-state index contributed by atoms with van der Waals surface area (Å²) in [4.78, 5) is -0.514. The average Bonchev–Trinajstić information content (AvgIpc) is 3.46. The highest BCUT2D eigenvalue weighted by atomic mass is 32.2. The van der Waals surface area contributed by atoms with E-state index in [9.17, 15) is 34.8 Å². The molecule has 4 nitrogen and oxygen atoms in total. The average molecular weight is 610 g/mol. The molecule has 1 atom stereocenters. The Morgan fingerprint density at radius 3 is 2.36 bits per heavy atom. The number of rotatable bonds is 6. The second-order valence-electron chi connectivity index (χ2n) is 12.1. The highest BCUT2D eigenvalue weighted by Gasteiger charge is 2.58. The summed E-state index contributed by atoms with van der Waals surface area (Å²) in [5.74, 6) is -0.486. The first-order valence-electron chi connectivity index (χ1n) is 13.8. The van der Waals surface area contributed by atoms with Crippen LogP contribution < -0.4 is 9.04 Å². The molecule has 2 bridgehead atoms. The van der Waals surface area contributed by atoms with Crippen LogP contribution in [0.2, 0.25) is 0 Å². The fourth-order valence-corrected chi connectivity index (χ4v) is 8.56. The van der Waals surface area contributed by atoms with Crippen molar-refractivity contribution in [2.45, 2.75) is 69.0 Å². The molecule has 0 spiro atoms. The summed E-state index contributed by atoms with van der Waals surface area (Å²) in [6.07, 6.45) is -4.05. The zero-order valence-corrected chi connectivity index (χ0v) is 23.5. The van der Waals surface area contributed by atoms with E-state index in [2.05, 4.69) is 6.92 Å². The Morgan fingerprint density at radius 2 is 1.71 bits per heavy atom. The van der Waals surface area contributed by atoms with Gasteiger partial charge in [-0.3, -0.25) is 4.31 Å². The zero-order chi connectivity index (χ0) is 30.1. The molecule has 224 valence electrons. The van der Waals surface area contributed by atoms with Gasteiger partial charge in [-0.2, -0.15) is 13.2 Å². The zero-order valence-electron chi connectivity index (χ0n) is 22.7. The van der Waals surface area contributed by atoms with E-state index in [1.54, 1.807) is 12.1 Å². The Hall–Kier alpha value is -3.21. The van der Waals surface area contributed by atoms with Crippen molar-refractivity contribution in [2.75, 3.05) is 10.8 Å². The fraction of sp³-hybridized carbons (Fsp3) is 0.419. The number of nitrogens with zero attached hydrogens (tertiary/aromatic N) is 1. The molecular formula is C31H29F6NO3S. The molecule has 0 amide bonds. The summed E-state index contributed by atoms with van der Waals surface area (Å²) < 4.78 is 117. The molecule has 6 rings (SSSR count). The molecule has 0 aromatic heterocycles. The topological polar surface area (TPSA) is 46.6 Å². The molecule has 3 aromatic rings. The van der Waals surface area contributed by atoms with E-state index in [0.717, 1.165) is 66.7 Å². The lowest BCUT2D eigenvalue weighted by Gasteiger charge is -2.43. The molecule has 0 N–H and O–H groups in total. The molecule has 0 unspecified atom stereocenters. The molecule has 11 heteroatoms. The number of benzene rings is 3. The fourth-order valence-electron chi connectivity index (χ4n) is 7.04. The van der Waals surface area contributed by atoms with Crippen molar-refractivity contribution in [1.82, 2.24) is 0 Å². The van der Waals surface area contributed by atoms with Crippen LogP contribution in [-0.4, -0.2) is 27.5 Å². The lowest BCUT2D eigenvalue weighted by atomic mass is 9.78. The lowest BCUT2D eigenvalue weighted by molar-refractivity contribution is -0.137. The van der Waals surface area contributed by atoms with E-state index in [1.165, 1.54) is 12.1 Å². The van der Waals surface area contributed by atoms with Crippen LogP contribution in [0.15, 0.2) is 65.6 Å². The number of hydrogen-bond donors (Lipinski definition) is 0. The van der Waals surface area contributed by atoms with Crippen molar-refractivity contribution in [3.63, 3.8) is 0 Å². The van der Waals surface area contributed by atoms with Crippen molar-refractivity contribution >= 4 is 15.7 Å². The van der Waals surface area contributed by atoms with Gasteiger partial charge in [0.15, 0.2) is 0 Å². The van der Waals surface area contributed by atoms with Crippen LogP contribution in [0.25, 0.3) is 11.1 Å². The van der Waals surface area contributed by atoms with Gasteiger partial charge in [0.25, 0.3) is 10.0 Å². The number of anilines is 1. The molecule has 2 saturated carbocycles. The monoisotopic (exact) mass is 609 g/mol. The minimum Gasteiger partial charge on any atom is -0.486 e. The van der Waals surface area contributed by atoms with Gasteiger partial charge in [-0.05, 0) is 96.7 Å². The minimum absolute atomic E-state index is 0.0760. The summed E-state index contributed by atoms with van der Waals surface area (Å²) >= 11 is 0. The Labute approximate surface area is 240 Å². The van der Waals surface area contributed by atoms with Crippen LogP contribution in [0.4, 0.5) is 32.0 Å². The number of ether oxygens (including phenoxy) is 1. The largest absolute Gasteiger partial charge is 0.486 e. The normalized spacial score (nSPS) is 25.5. The number of sulfonamides is 1. The van der Waals surface area contributed by atoms with Gasteiger partial charge in [-0.25, -0.2) is 21.6 Å². The van der Waals surface area contributed by atoms with Crippen LogP contribution in [0.1, 0.15) is 50.2 Å². The number of fused-ring (bicyclic) bond motifs is 3. The van der Waals surface area contributed by atoms with E-state index in [1.807, 2.05) is 0 Å². The maximum atomic E-state index is 14.4. The maximum absolute atomic E-state index is 14.4. The van der Waals surface area contributed by atoms with E-state index in [-0.39, 0.29) is 39.9 Å². The number of alkyl halides is 5. The highest BCUT2D eigenvalue weighted by molar-refractivity contribution is 7.92. The van der Waals surface area contributed by atoms with Crippen molar-refractivity contribution in [1.29, 1.82) is 0 Å². The highest BCUT2D eigenvalue weighted by Crippen LogP contribution is 2.64. The molecule has 3 aromatic carbocycles. The Kier molecular flexibility index (Phi) is 6.83. The number of hydrogen-bond acceptors (Lipinski definition) is 3. The van der Waals surface area contributed by atoms with Gasteiger partial charge in [0.05, 0.1) is 22.7 Å². The molecule has 2 fully saturated rings. The Balaban J connectivity index is 1.46. The van der Waals surface area contributed by atoms with Crippen molar-refractivity contribution in [2.24, 2.45) is 10.8 Å². The lowest BCUT2D eigenvalue weighted by Crippen LogP contribution is -2.50. The third-order valence-corrected chi connectivity index (χ3v) is 10.9. The van der Waals surface area contributed by atoms with Gasteiger partial charge >= 0.3 is 6.18 Å². The van der Waals surface area contributed by atoms with Crippen molar-refractivity contribution in [3.05, 3.63) is 77.6 Å². The van der Waals surface area contributed by atoms with Crippen LogP contribution in [0, 0.1) is 16.6 Å². The smallest absolute Gasteiger partial charge is 0.416 e. The summed E-state index contributed by atoms with van der Waals surface area (Å²) in [5.41, 5.74) is -0.432. The standard InChI is InChI=1S/C31H29F6NO3S/c1-29-7-9-30(18-29,10-8-29)27-17-38(42(39,40)24-4-2-3-22(16-24)31(35,36)37)25-15-20(5-6-26(25)41-27)21-11-19(13-28(33)34)12-23(32)14-21/h2-6,11-12,14-16,27-28H,7-10,13,17-18H2,1H3/t27-,29?,30?/m1/s1. The second-order valence-corrected chi connectivity index (χ2v) is 14.0. The van der Waals surface area contributed by atoms with Crippen LogP contribution in [-0.2, 0) is 22.6 Å². The van der Waals surface area contributed by atoms with Crippen LogP contribution in [0.5, 0.6) is 5.75 Å². The maximum Gasteiger partial charge on any atom is 0.416 e. The van der Waals surface area contributed by atoms with Crippen LogP contribution in [0.3, 0.4) is 0 Å². The summed E-state index contributed by atoms with van der Waals surface area (Å²) in [5, 5.41) is 0. The SMILES string of the molecule is CC12CCC([C@H]3CN(S(=O)(=O)c4cccc(C(F)(F)F)c4)c4cc(-c5cc(F)cc(CC(F)F)c5)ccc4O3)(CC1)C2. The van der Waals surface area contributed by atoms with E-state index < -0.39 is 51.4 Å². The first kappa shape index (κ1) is 28.9. The third-order valence-electron chi connectivity index (χ3n) is 9.17. The molecular weight excluding hydrogens is 580 g/mol. The van der Waals surface area contributed by atoms with Gasteiger partial charge in [-0.15, -0.1) is 0 Å². The molecule has 42 heavy (non-hydrogen) atoms. The molecule has 1 heterocycles. The van der Waals surface area contributed by atoms with Gasteiger partial charge < -0.3 is 4.74 Å².